The number of amides is 1. The molecule has 0 aliphatic carbocycles. The van der Waals surface area contributed by atoms with Gasteiger partial charge in [-0.1, -0.05) is 19.1 Å². The molecule has 0 spiro atoms. The van der Waals surface area contributed by atoms with Crippen molar-refractivity contribution in [1.29, 1.82) is 0 Å². The van der Waals surface area contributed by atoms with Gasteiger partial charge in [0.25, 0.3) is 5.91 Å². The molecule has 0 aliphatic rings. The molecule has 1 aromatic carbocycles. The predicted molar refractivity (Wildman–Crippen MR) is 94.4 cm³/mol. The molecule has 2 rings (SSSR count). The molecule has 1 unspecified atom stereocenters. The SMILES string of the molecule is CCc1cccc(OCC(=O)Nc2ccc(NCC(C)O)nc2)c1. The molecule has 1 atom stereocenters. The van der Waals surface area contributed by atoms with Crippen LogP contribution in [-0.2, 0) is 11.2 Å². The normalized spacial score (nSPS) is 11.6. The van der Waals surface area contributed by atoms with Crippen molar-refractivity contribution >= 4 is 17.4 Å². The number of aliphatic hydroxyl groups excluding tert-OH is 1. The standard InChI is InChI=1S/C18H23N3O3/c1-3-14-5-4-6-16(9-14)24-12-18(23)21-15-7-8-17(20-11-15)19-10-13(2)22/h4-9,11,13,22H,3,10,12H2,1-2H3,(H,19,20)(H,21,23). The lowest BCUT2D eigenvalue weighted by Crippen LogP contribution is -2.20. The topological polar surface area (TPSA) is 83.5 Å². The molecule has 6 heteroatoms. The summed E-state index contributed by atoms with van der Waals surface area (Å²) in [5.41, 5.74) is 1.76. The summed E-state index contributed by atoms with van der Waals surface area (Å²) in [4.78, 5) is 16.1. The van der Waals surface area contributed by atoms with Gasteiger partial charge in [0.15, 0.2) is 6.61 Å². The summed E-state index contributed by atoms with van der Waals surface area (Å²) in [6, 6.07) is 11.2. The van der Waals surface area contributed by atoms with Gasteiger partial charge in [0.2, 0.25) is 0 Å². The number of carbonyl (C=O) groups is 1. The Kier molecular flexibility index (Phi) is 6.57. The number of anilines is 2. The molecule has 6 nitrogen and oxygen atoms in total. The monoisotopic (exact) mass is 329 g/mol. The summed E-state index contributed by atoms with van der Waals surface area (Å²) in [7, 11) is 0. The van der Waals surface area contributed by atoms with E-state index in [0.717, 1.165) is 12.0 Å². The lowest BCUT2D eigenvalue weighted by atomic mass is 10.2. The molecule has 0 bridgehead atoms. The van der Waals surface area contributed by atoms with Crippen LogP contribution >= 0.6 is 0 Å². The first-order valence-electron chi connectivity index (χ1n) is 7.96. The van der Waals surface area contributed by atoms with E-state index >= 15 is 0 Å². The molecule has 128 valence electrons. The van der Waals surface area contributed by atoms with E-state index in [-0.39, 0.29) is 12.5 Å². The Morgan fingerprint density at radius 1 is 1.33 bits per heavy atom. The van der Waals surface area contributed by atoms with Crippen molar-refractivity contribution in [2.45, 2.75) is 26.4 Å². The number of rotatable bonds is 8. The van der Waals surface area contributed by atoms with E-state index in [1.165, 1.54) is 0 Å². The number of hydrogen-bond acceptors (Lipinski definition) is 5. The van der Waals surface area contributed by atoms with E-state index < -0.39 is 6.10 Å². The quantitative estimate of drug-likeness (QED) is 0.693. The summed E-state index contributed by atoms with van der Waals surface area (Å²) in [6.45, 7) is 4.12. The molecule has 0 radical (unpaired) electrons. The molecule has 0 aliphatic heterocycles. The van der Waals surface area contributed by atoms with Crippen molar-refractivity contribution in [2.24, 2.45) is 0 Å². The van der Waals surface area contributed by atoms with Gasteiger partial charge in [-0.05, 0) is 43.2 Å². The van der Waals surface area contributed by atoms with Crippen molar-refractivity contribution in [2.75, 3.05) is 23.8 Å². The van der Waals surface area contributed by atoms with Crippen molar-refractivity contribution in [1.82, 2.24) is 4.98 Å². The zero-order valence-corrected chi connectivity index (χ0v) is 14.0. The average molecular weight is 329 g/mol. The number of carbonyl (C=O) groups excluding carboxylic acids is 1. The third kappa shape index (κ3) is 5.89. The van der Waals surface area contributed by atoms with Gasteiger partial charge in [0.05, 0.1) is 18.0 Å². The highest BCUT2D eigenvalue weighted by molar-refractivity contribution is 5.91. The lowest BCUT2D eigenvalue weighted by molar-refractivity contribution is -0.118. The molecule has 2 aromatic rings. The second-order valence-electron chi connectivity index (χ2n) is 5.50. The molecule has 0 fully saturated rings. The third-order valence-corrected chi connectivity index (χ3v) is 3.30. The highest BCUT2D eigenvalue weighted by Gasteiger charge is 2.05. The number of nitrogens with zero attached hydrogens (tertiary/aromatic N) is 1. The van der Waals surface area contributed by atoms with Gasteiger partial charge in [-0.2, -0.15) is 0 Å². The summed E-state index contributed by atoms with van der Waals surface area (Å²) in [5, 5.41) is 14.9. The molecule has 0 saturated carbocycles. The molecular formula is C18H23N3O3. The summed E-state index contributed by atoms with van der Waals surface area (Å²) in [5.74, 6) is 1.07. The minimum atomic E-state index is -0.450. The van der Waals surface area contributed by atoms with Crippen LogP contribution < -0.4 is 15.4 Å². The van der Waals surface area contributed by atoms with Crippen LogP contribution in [0.5, 0.6) is 5.75 Å². The first-order chi connectivity index (χ1) is 11.6. The average Bonchev–Trinajstić information content (AvgIpc) is 2.59. The lowest BCUT2D eigenvalue weighted by Gasteiger charge is -2.10. The number of ether oxygens (including phenoxy) is 1. The Balaban J connectivity index is 1.81. The molecule has 1 aromatic heterocycles. The Labute approximate surface area is 141 Å². The van der Waals surface area contributed by atoms with Crippen LogP contribution in [0.4, 0.5) is 11.5 Å². The largest absolute Gasteiger partial charge is 0.484 e. The van der Waals surface area contributed by atoms with Gasteiger partial charge in [-0.3, -0.25) is 4.79 Å². The van der Waals surface area contributed by atoms with E-state index in [9.17, 15) is 9.90 Å². The number of aromatic nitrogens is 1. The van der Waals surface area contributed by atoms with Crippen molar-refractivity contribution < 1.29 is 14.6 Å². The number of pyridine rings is 1. The Morgan fingerprint density at radius 3 is 2.83 bits per heavy atom. The highest BCUT2D eigenvalue weighted by atomic mass is 16.5. The van der Waals surface area contributed by atoms with Crippen LogP contribution in [0, 0.1) is 0 Å². The number of hydrogen-bond donors (Lipinski definition) is 3. The van der Waals surface area contributed by atoms with Crippen LogP contribution in [0.3, 0.4) is 0 Å². The van der Waals surface area contributed by atoms with E-state index in [1.807, 2.05) is 24.3 Å². The maximum absolute atomic E-state index is 11.9. The number of aliphatic hydroxyl groups is 1. The third-order valence-electron chi connectivity index (χ3n) is 3.30. The molecule has 1 amide bonds. The smallest absolute Gasteiger partial charge is 0.262 e. The van der Waals surface area contributed by atoms with E-state index in [2.05, 4.69) is 22.5 Å². The first kappa shape index (κ1) is 17.7. The predicted octanol–water partition coefficient (Wildman–Crippen LogP) is 2.45. The van der Waals surface area contributed by atoms with Gasteiger partial charge >= 0.3 is 0 Å². The molecule has 24 heavy (non-hydrogen) atoms. The van der Waals surface area contributed by atoms with E-state index in [1.54, 1.807) is 25.3 Å². The molecular weight excluding hydrogens is 306 g/mol. The number of benzene rings is 1. The van der Waals surface area contributed by atoms with Gasteiger partial charge in [0.1, 0.15) is 11.6 Å². The van der Waals surface area contributed by atoms with Gasteiger partial charge in [-0.25, -0.2) is 4.98 Å². The van der Waals surface area contributed by atoms with E-state index in [4.69, 9.17) is 4.74 Å². The molecule has 3 N–H and O–H groups in total. The van der Waals surface area contributed by atoms with Crippen molar-refractivity contribution in [3.05, 3.63) is 48.2 Å². The zero-order chi connectivity index (χ0) is 17.4. The van der Waals surface area contributed by atoms with Crippen molar-refractivity contribution in [3.8, 4) is 5.75 Å². The van der Waals surface area contributed by atoms with Gasteiger partial charge in [0, 0.05) is 6.54 Å². The van der Waals surface area contributed by atoms with Crippen LogP contribution in [0.25, 0.3) is 0 Å². The zero-order valence-electron chi connectivity index (χ0n) is 14.0. The minimum Gasteiger partial charge on any atom is -0.484 e. The second-order valence-corrected chi connectivity index (χ2v) is 5.50. The van der Waals surface area contributed by atoms with Gasteiger partial charge in [-0.15, -0.1) is 0 Å². The molecule has 1 heterocycles. The second kappa shape index (κ2) is 8.88. The summed E-state index contributed by atoms with van der Waals surface area (Å²) in [6.07, 6.45) is 2.03. The maximum Gasteiger partial charge on any atom is 0.262 e. The first-order valence-corrected chi connectivity index (χ1v) is 7.96. The van der Waals surface area contributed by atoms with Crippen LogP contribution in [0.15, 0.2) is 42.6 Å². The number of aryl methyl sites for hydroxylation is 1. The minimum absolute atomic E-state index is 0.0603. The molecule has 0 saturated heterocycles. The number of nitrogens with one attached hydrogen (secondary N) is 2. The Morgan fingerprint density at radius 2 is 2.17 bits per heavy atom. The van der Waals surface area contributed by atoms with Crippen LogP contribution in [-0.4, -0.2) is 35.3 Å². The van der Waals surface area contributed by atoms with Crippen LogP contribution in [0.1, 0.15) is 19.4 Å². The summed E-state index contributed by atoms with van der Waals surface area (Å²) >= 11 is 0. The fourth-order valence-electron chi connectivity index (χ4n) is 2.03. The fourth-order valence-corrected chi connectivity index (χ4v) is 2.03. The fraction of sp³-hybridized carbons (Fsp3) is 0.333. The van der Waals surface area contributed by atoms with Crippen LogP contribution in [0.2, 0.25) is 0 Å². The summed E-state index contributed by atoms with van der Waals surface area (Å²) < 4.78 is 5.50. The highest BCUT2D eigenvalue weighted by Crippen LogP contribution is 2.14. The van der Waals surface area contributed by atoms with Gasteiger partial charge < -0.3 is 20.5 Å². The van der Waals surface area contributed by atoms with Crippen molar-refractivity contribution in [3.63, 3.8) is 0 Å². The van der Waals surface area contributed by atoms with E-state index in [0.29, 0.717) is 23.8 Å². The Bertz CT molecular complexity index is 657. The maximum atomic E-state index is 11.9. The Hall–Kier alpha value is -2.60.